The highest BCUT2D eigenvalue weighted by Crippen LogP contribution is 2.29. The molecule has 3 aromatic rings. The van der Waals surface area contributed by atoms with Gasteiger partial charge in [0.1, 0.15) is 11.5 Å². The van der Waals surface area contributed by atoms with Gasteiger partial charge in [-0.05, 0) is 49.0 Å². The fraction of sp³-hybridized carbons (Fsp3) is 0.200. The lowest BCUT2D eigenvalue weighted by molar-refractivity contribution is 0.395. The van der Waals surface area contributed by atoms with E-state index < -0.39 is 0 Å². The number of nitrogens with one attached hydrogen (secondary N) is 2. The fourth-order valence-corrected chi connectivity index (χ4v) is 3.40. The maximum atomic E-state index is 6.27. The van der Waals surface area contributed by atoms with Crippen LogP contribution in [0, 0.1) is 6.92 Å². The van der Waals surface area contributed by atoms with Gasteiger partial charge >= 0.3 is 0 Å². The van der Waals surface area contributed by atoms with Crippen LogP contribution in [0.15, 0.2) is 42.5 Å². The summed E-state index contributed by atoms with van der Waals surface area (Å²) in [6.45, 7) is 2.49. The Balaban J connectivity index is 1.69. The molecule has 0 aliphatic heterocycles. The van der Waals surface area contributed by atoms with Crippen molar-refractivity contribution in [1.29, 1.82) is 0 Å². The molecule has 1 aromatic heterocycles. The Bertz CT molecular complexity index is 1040. The number of methoxy groups -OCH3 is 2. The largest absolute Gasteiger partial charge is 0.497 e. The molecular weight excluding hydrogens is 431 g/mol. The molecule has 0 radical (unpaired) electrons. The lowest BCUT2D eigenvalue weighted by atomic mass is 10.2. The molecular formula is C20H20Cl2N4O2S. The number of hydrogen-bond acceptors (Lipinski definition) is 4. The monoisotopic (exact) mass is 450 g/mol. The van der Waals surface area contributed by atoms with Gasteiger partial charge in [-0.25, -0.2) is 0 Å². The van der Waals surface area contributed by atoms with E-state index in [1.165, 1.54) is 0 Å². The number of aromatic nitrogens is 2. The van der Waals surface area contributed by atoms with Gasteiger partial charge in [0.05, 0.1) is 26.5 Å². The van der Waals surface area contributed by atoms with E-state index in [0.29, 0.717) is 39.0 Å². The summed E-state index contributed by atoms with van der Waals surface area (Å²) >= 11 is 17.6. The SMILES string of the molecule is COc1ccc(NC(=S)Nc2cc(C)n(Cc3ccc(Cl)cc3Cl)n2)c(OC)c1. The first-order chi connectivity index (χ1) is 13.9. The van der Waals surface area contributed by atoms with Gasteiger partial charge in [-0.3, -0.25) is 4.68 Å². The average molecular weight is 451 g/mol. The van der Waals surface area contributed by atoms with E-state index in [0.717, 1.165) is 16.9 Å². The van der Waals surface area contributed by atoms with Crippen LogP contribution < -0.4 is 20.1 Å². The van der Waals surface area contributed by atoms with Gasteiger partial charge in [0, 0.05) is 27.9 Å². The van der Waals surface area contributed by atoms with Crippen molar-refractivity contribution in [3.05, 3.63) is 63.8 Å². The van der Waals surface area contributed by atoms with Crippen molar-refractivity contribution >= 4 is 52.0 Å². The van der Waals surface area contributed by atoms with Crippen molar-refractivity contribution in [2.24, 2.45) is 0 Å². The minimum Gasteiger partial charge on any atom is -0.497 e. The summed E-state index contributed by atoms with van der Waals surface area (Å²) in [7, 11) is 3.19. The van der Waals surface area contributed by atoms with E-state index in [4.69, 9.17) is 44.9 Å². The smallest absolute Gasteiger partial charge is 0.176 e. The van der Waals surface area contributed by atoms with Gasteiger partial charge in [-0.2, -0.15) is 5.10 Å². The number of ether oxygens (including phenoxy) is 2. The number of hydrogen-bond donors (Lipinski definition) is 2. The first kappa shape index (κ1) is 21.2. The quantitative estimate of drug-likeness (QED) is 0.492. The zero-order valence-corrected chi connectivity index (χ0v) is 18.5. The van der Waals surface area contributed by atoms with E-state index in [9.17, 15) is 0 Å². The molecule has 0 amide bonds. The summed E-state index contributed by atoms with van der Waals surface area (Å²) in [5, 5.41) is 12.3. The number of nitrogens with zero attached hydrogens (tertiary/aromatic N) is 2. The van der Waals surface area contributed by atoms with Crippen LogP contribution in [0.4, 0.5) is 11.5 Å². The zero-order valence-electron chi connectivity index (χ0n) is 16.1. The molecule has 0 atom stereocenters. The molecule has 6 nitrogen and oxygen atoms in total. The zero-order chi connectivity index (χ0) is 21.0. The molecule has 152 valence electrons. The van der Waals surface area contributed by atoms with Gasteiger partial charge in [-0.15, -0.1) is 0 Å². The van der Waals surface area contributed by atoms with Crippen molar-refractivity contribution in [3.63, 3.8) is 0 Å². The average Bonchev–Trinajstić information content (AvgIpc) is 3.02. The fourth-order valence-electron chi connectivity index (χ4n) is 2.71. The van der Waals surface area contributed by atoms with Gasteiger partial charge < -0.3 is 20.1 Å². The van der Waals surface area contributed by atoms with Crippen LogP contribution in [0.25, 0.3) is 0 Å². The lowest BCUT2D eigenvalue weighted by Crippen LogP contribution is -2.20. The molecule has 0 fully saturated rings. The third-order valence-corrected chi connectivity index (χ3v) is 5.01. The molecule has 3 rings (SSSR count). The maximum absolute atomic E-state index is 6.27. The number of rotatable bonds is 6. The normalized spacial score (nSPS) is 10.5. The number of halogens is 2. The molecule has 0 unspecified atom stereocenters. The third-order valence-electron chi connectivity index (χ3n) is 4.21. The standard InChI is InChI=1S/C20H20Cl2N4O2S/c1-12-8-19(25-26(12)11-13-4-5-14(21)9-16(13)22)24-20(29)23-17-7-6-15(27-2)10-18(17)28-3/h4-10H,11H2,1-3H3,(H2,23,24,25,29). The van der Waals surface area contributed by atoms with Gasteiger partial charge in [0.2, 0.25) is 0 Å². The maximum Gasteiger partial charge on any atom is 0.176 e. The predicted molar refractivity (Wildman–Crippen MR) is 122 cm³/mol. The highest BCUT2D eigenvalue weighted by atomic mass is 35.5. The van der Waals surface area contributed by atoms with Crippen LogP contribution >= 0.6 is 35.4 Å². The lowest BCUT2D eigenvalue weighted by Gasteiger charge is -2.13. The molecule has 0 aliphatic carbocycles. The molecule has 2 N–H and O–H groups in total. The molecule has 0 bridgehead atoms. The topological polar surface area (TPSA) is 60.3 Å². The highest BCUT2D eigenvalue weighted by Gasteiger charge is 2.11. The second-order valence-corrected chi connectivity index (χ2v) is 7.46. The predicted octanol–water partition coefficient (Wildman–Crippen LogP) is 5.37. The molecule has 9 heteroatoms. The second-order valence-electron chi connectivity index (χ2n) is 6.21. The Morgan fingerprint density at radius 2 is 1.86 bits per heavy atom. The summed E-state index contributed by atoms with van der Waals surface area (Å²) in [5.74, 6) is 1.94. The van der Waals surface area contributed by atoms with Gasteiger partial charge in [0.25, 0.3) is 0 Å². The minimum atomic E-state index is 0.391. The highest BCUT2D eigenvalue weighted by molar-refractivity contribution is 7.80. The van der Waals surface area contributed by atoms with Crippen LogP contribution in [0.2, 0.25) is 10.0 Å². The molecule has 0 spiro atoms. The molecule has 0 saturated carbocycles. The van der Waals surface area contributed by atoms with Crippen molar-refractivity contribution in [2.45, 2.75) is 13.5 Å². The molecule has 0 aliphatic rings. The number of anilines is 2. The summed E-state index contributed by atoms with van der Waals surface area (Å²) in [6.07, 6.45) is 0. The van der Waals surface area contributed by atoms with E-state index in [1.54, 1.807) is 26.4 Å². The van der Waals surface area contributed by atoms with E-state index >= 15 is 0 Å². The van der Waals surface area contributed by atoms with Crippen molar-refractivity contribution < 1.29 is 9.47 Å². The molecule has 0 saturated heterocycles. The van der Waals surface area contributed by atoms with E-state index in [1.807, 2.05) is 41.9 Å². The van der Waals surface area contributed by atoms with Crippen molar-refractivity contribution in [2.75, 3.05) is 24.9 Å². The van der Waals surface area contributed by atoms with E-state index in [-0.39, 0.29) is 0 Å². The first-order valence-corrected chi connectivity index (χ1v) is 9.84. The summed E-state index contributed by atoms with van der Waals surface area (Å²) in [4.78, 5) is 0. The first-order valence-electron chi connectivity index (χ1n) is 8.68. The van der Waals surface area contributed by atoms with Crippen LogP contribution in [-0.4, -0.2) is 29.1 Å². The second kappa shape index (κ2) is 9.35. The van der Waals surface area contributed by atoms with Crippen LogP contribution in [-0.2, 0) is 6.54 Å². The van der Waals surface area contributed by atoms with Gasteiger partial charge in [-0.1, -0.05) is 29.3 Å². The van der Waals surface area contributed by atoms with E-state index in [2.05, 4.69) is 15.7 Å². The molecule has 1 heterocycles. The van der Waals surface area contributed by atoms with Crippen molar-refractivity contribution in [3.8, 4) is 11.5 Å². The third kappa shape index (κ3) is 5.32. The van der Waals surface area contributed by atoms with Crippen molar-refractivity contribution in [1.82, 2.24) is 9.78 Å². The summed E-state index contributed by atoms with van der Waals surface area (Å²) in [5.41, 5.74) is 2.61. The summed E-state index contributed by atoms with van der Waals surface area (Å²) < 4.78 is 12.4. The Morgan fingerprint density at radius 3 is 2.55 bits per heavy atom. The number of benzene rings is 2. The van der Waals surface area contributed by atoms with Crippen LogP contribution in [0.3, 0.4) is 0 Å². The Morgan fingerprint density at radius 1 is 1.07 bits per heavy atom. The number of aryl methyl sites for hydroxylation is 1. The minimum absolute atomic E-state index is 0.391. The van der Waals surface area contributed by atoms with Crippen LogP contribution in [0.5, 0.6) is 11.5 Å². The Hall–Kier alpha value is -2.48. The molecule has 2 aromatic carbocycles. The molecule has 29 heavy (non-hydrogen) atoms. The summed E-state index contributed by atoms with van der Waals surface area (Å²) in [6, 6.07) is 12.8. The van der Waals surface area contributed by atoms with Crippen LogP contribution in [0.1, 0.15) is 11.3 Å². The van der Waals surface area contributed by atoms with Gasteiger partial charge in [0.15, 0.2) is 10.9 Å². The Labute approximate surface area is 184 Å². The Kier molecular flexibility index (Phi) is 6.84. The number of thiocarbonyl (C=S) groups is 1.